The molecule has 0 spiro atoms. The number of hydrogen-bond acceptors (Lipinski definition) is 4. The number of hydrogen-bond donors (Lipinski definition) is 2. The van der Waals surface area contributed by atoms with Crippen molar-refractivity contribution in [3.8, 4) is 5.75 Å². The van der Waals surface area contributed by atoms with E-state index in [4.69, 9.17) is 16.3 Å². The molecule has 0 aliphatic rings. The maximum atomic E-state index is 12.1. The molecule has 4 nitrogen and oxygen atoms in total. The van der Waals surface area contributed by atoms with Crippen molar-refractivity contribution in [3.63, 3.8) is 0 Å². The van der Waals surface area contributed by atoms with E-state index in [1.807, 2.05) is 24.4 Å². The Morgan fingerprint density at radius 3 is 2.86 bits per heavy atom. The van der Waals surface area contributed by atoms with E-state index in [0.717, 1.165) is 12.1 Å². The summed E-state index contributed by atoms with van der Waals surface area (Å²) in [6.07, 6.45) is 0.852. The highest BCUT2D eigenvalue weighted by Gasteiger charge is 2.12. The summed E-state index contributed by atoms with van der Waals surface area (Å²) in [4.78, 5) is 13.3. The van der Waals surface area contributed by atoms with Crippen LogP contribution in [0.4, 0.5) is 5.69 Å². The smallest absolute Gasteiger partial charge is 0.242 e. The number of benzene rings is 1. The molecule has 1 aromatic heterocycles. The van der Waals surface area contributed by atoms with Gasteiger partial charge in [0.2, 0.25) is 5.91 Å². The average Bonchev–Trinajstić information content (AvgIpc) is 3.00. The number of ether oxygens (including phenoxy) is 1. The number of carbonyl (C=O) groups is 1. The molecule has 6 heteroatoms. The molecule has 1 heterocycles. The molecule has 2 rings (SSSR count). The Hall–Kier alpha value is -1.72. The van der Waals surface area contributed by atoms with Crippen LogP contribution < -0.4 is 15.4 Å². The van der Waals surface area contributed by atoms with Gasteiger partial charge < -0.3 is 15.4 Å². The van der Waals surface area contributed by atoms with Crippen molar-refractivity contribution in [2.24, 2.45) is 0 Å². The second-order valence-corrected chi connectivity index (χ2v) is 6.28. The summed E-state index contributed by atoms with van der Waals surface area (Å²) in [7, 11) is 1.57. The first-order valence-electron chi connectivity index (χ1n) is 7.00. The SMILES string of the molecule is COc1ccc(NC(C)C(=O)NCCc2cccs2)cc1Cl. The molecule has 2 aromatic rings. The van der Waals surface area contributed by atoms with Crippen molar-refractivity contribution in [2.75, 3.05) is 19.0 Å². The minimum absolute atomic E-state index is 0.0384. The van der Waals surface area contributed by atoms with Crippen LogP contribution in [-0.2, 0) is 11.2 Å². The Kier molecular flexibility index (Phi) is 6.10. The molecule has 0 radical (unpaired) electrons. The predicted molar refractivity (Wildman–Crippen MR) is 92.1 cm³/mol. The van der Waals surface area contributed by atoms with E-state index in [1.165, 1.54) is 4.88 Å². The minimum atomic E-state index is -0.340. The summed E-state index contributed by atoms with van der Waals surface area (Å²) in [5, 5.41) is 8.60. The Labute approximate surface area is 139 Å². The molecule has 1 aromatic carbocycles. The highest BCUT2D eigenvalue weighted by molar-refractivity contribution is 7.09. The molecular weight excluding hydrogens is 320 g/mol. The molecule has 118 valence electrons. The normalized spacial score (nSPS) is 11.8. The van der Waals surface area contributed by atoms with Crippen LogP contribution >= 0.6 is 22.9 Å². The molecule has 2 N–H and O–H groups in total. The largest absolute Gasteiger partial charge is 0.495 e. The van der Waals surface area contributed by atoms with Gasteiger partial charge in [-0.2, -0.15) is 0 Å². The van der Waals surface area contributed by atoms with Gasteiger partial charge in [-0.25, -0.2) is 0 Å². The number of carbonyl (C=O) groups excluding carboxylic acids is 1. The van der Waals surface area contributed by atoms with Crippen LogP contribution in [0.1, 0.15) is 11.8 Å². The zero-order chi connectivity index (χ0) is 15.9. The van der Waals surface area contributed by atoms with Gasteiger partial charge in [0.1, 0.15) is 11.8 Å². The van der Waals surface area contributed by atoms with Crippen molar-refractivity contribution < 1.29 is 9.53 Å². The summed E-state index contributed by atoms with van der Waals surface area (Å²) in [6.45, 7) is 2.45. The molecule has 0 bridgehead atoms. The van der Waals surface area contributed by atoms with Gasteiger partial charge in [-0.3, -0.25) is 4.79 Å². The van der Waals surface area contributed by atoms with Crippen LogP contribution in [0, 0.1) is 0 Å². The van der Waals surface area contributed by atoms with Gasteiger partial charge >= 0.3 is 0 Å². The number of amides is 1. The lowest BCUT2D eigenvalue weighted by Crippen LogP contribution is -2.38. The van der Waals surface area contributed by atoms with Crippen molar-refractivity contribution in [3.05, 3.63) is 45.6 Å². The lowest BCUT2D eigenvalue weighted by molar-refractivity contribution is -0.121. The zero-order valence-electron chi connectivity index (χ0n) is 12.6. The third kappa shape index (κ3) is 4.64. The quantitative estimate of drug-likeness (QED) is 0.811. The van der Waals surface area contributed by atoms with Crippen LogP contribution in [0.5, 0.6) is 5.75 Å². The van der Waals surface area contributed by atoms with Crippen molar-refractivity contribution >= 4 is 34.5 Å². The fourth-order valence-electron chi connectivity index (χ4n) is 1.99. The van der Waals surface area contributed by atoms with Gasteiger partial charge in [-0.05, 0) is 43.0 Å². The van der Waals surface area contributed by atoms with Crippen LogP contribution in [0.3, 0.4) is 0 Å². The third-order valence-corrected chi connectivity index (χ3v) is 4.41. The summed E-state index contributed by atoms with van der Waals surface area (Å²) in [6, 6.07) is 9.09. The molecular formula is C16H19ClN2O2S. The predicted octanol–water partition coefficient (Wildman–Crippen LogP) is 3.57. The van der Waals surface area contributed by atoms with Crippen molar-refractivity contribution in [1.82, 2.24) is 5.32 Å². The number of thiophene rings is 1. The lowest BCUT2D eigenvalue weighted by Gasteiger charge is -2.16. The molecule has 0 aliphatic carbocycles. The van der Waals surface area contributed by atoms with E-state index >= 15 is 0 Å². The number of rotatable bonds is 7. The fraction of sp³-hybridized carbons (Fsp3) is 0.312. The van der Waals surface area contributed by atoms with Gasteiger partial charge in [0, 0.05) is 17.1 Å². The molecule has 0 saturated heterocycles. The maximum absolute atomic E-state index is 12.1. The number of methoxy groups -OCH3 is 1. The molecule has 0 fully saturated rings. The lowest BCUT2D eigenvalue weighted by atomic mass is 10.2. The first-order chi connectivity index (χ1) is 10.6. The van der Waals surface area contributed by atoms with E-state index in [2.05, 4.69) is 16.7 Å². The van der Waals surface area contributed by atoms with Crippen LogP contribution in [0.2, 0.25) is 5.02 Å². The molecule has 1 amide bonds. The monoisotopic (exact) mass is 338 g/mol. The number of halogens is 1. The fourth-order valence-corrected chi connectivity index (χ4v) is 2.96. The summed E-state index contributed by atoms with van der Waals surface area (Å²) in [5.41, 5.74) is 0.784. The van der Waals surface area contributed by atoms with E-state index in [0.29, 0.717) is 17.3 Å². The van der Waals surface area contributed by atoms with E-state index < -0.39 is 0 Å². The Morgan fingerprint density at radius 1 is 1.41 bits per heavy atom. The van der Waals surface area contributed by atoms with Crippen LogP contribution in [0.15, 0.2) is 35.7 Å². The second-order valence-electron chi connectivity index (χ2n) is 4.84. The Balaban J connectivity index is 1.81. The standard InChI is InChI=1S/C16H19ClN2O2S/c1-11(16(20)18-8-7-13-4-3-9-22-13)19-12-5-6-15(21-2)14(17)10-12/h3-6,9-11,19H,7-8H2,1-2H3,(H,18,20). The highest BCUT2D eigenvalue weighted by Crippen LogP contribution is 2.27. The van der Waals surface area contributed by atoms with Gasteiger partial charge in [-0.1, -0.05) is 17.7 Å². The summed E-state index contributed by atoms with van der Waals surface area (Å²) in [5.74, 6) is 0.573. The van der Waals surface area contributed by atoms with Gasteiger partial charge in [0.25, 0.3) is 0 Å². The third-order valence-electron chi connectivity index (χ3n) is 3.18. The van der Waals surface area contributed by atoms with Crippen LogP contribution in [0.25, 0.3) is 0 Å². The average molecular weight is 339 g/mol. The molecule has 1 atom stereocenters. The molecule has 22 heavy (non-hydrogen) atoms. The van der Waals surface area contributed by atoms with Gasteiger partial charge in [0.05, 0.1) is 12.1 Å². The molecule has 1 unspecified atom stereocenters. The Bertz CT molecular complexity index is 617. The summed E-state index contributed by atoms with van der Waals surface area (Å²) < 4.78 is 5.10. The second kappa shape index (κ2) is 8.06. The maximum Gasteiger partial charge on any atom is 0.242 e. The first kappa shape index (κ1) is 16.6. The van der Waals surface area contributed by atoms with E-state index in [9.17, 15) is 4.79 Å². The van der Waals surface area contributed by atoms with E-state index in [-0.39, 0.29) is 11.9 Å². The van der Waals surface area contributed by atoms with Crippen molar-refractivity contribution in [1.29, 1.82) is 0 Å². The highest BCUT2D eigenvalue weighted by atomic mass is 35.5. The van der Waals surface area contributed by atoms with E-state index in [1.54, 1.807) is 30.6 Å². The van der Waals surface area contributed by atoms with Gasteiger partial charge in [0.15, 0.2) is 0 Å². The van der Waals surface area contributed by atoms with Crippen molar-refractivity contribution in [2.45, 2.75) is 19.4 Å². The summed E-state index contributed by atoms with van der Waals surface area (Å²) >= 11 is 7.77. The minimum Gasteiger partial charge on any atom is -0.495 e. The van der Waals surface area contributed by atoms with Crippen LogP contribution in [-0.4, -0.2) is 25.6 Å². The topological polar surface area (TPSA) is 50.4 Å². The van der Waals surface area contributed by atoms with Gasteiger partial charge in [-0.15, -0.1) is 11.3 Å². The first-order valence-corrected chi connectivity index (χ1v) is 8.26. The Morgan fingerprint density at radius 2 is 2.23 bits per heavy atom. The molecule has 0 saturated carbocycles. The zero-order valence-corrected chi connectivity index (χ0v) is 14.1. The number of nitrogens with one attached hydrogen (secondary N) is 2. The number of anilines is 1. The molecule has 0 aliphatic heterocycles.